The summed E-state index contributed by atoms with van der Waals surface area (Å²) in [4.78, 5) is 12.1. The van der Waals surface area contributed by atoms with E-state index in [1.165, 1.54) is 7.11 Å². The predicted octanol–water partition coefficient (Wildman–Crippen LogP) is 3.74. The third-order valence-electron chi connectivity index (χ3n) is 8.61. The second-order valence-electron chi connectivity index (χ2n) is 12.9. The first kappa shape index (κ1) is 33.8. The van der Waals surface area contributed by atoms with Gasteiger partial charge in [0.1, 0.15) is 5.60 Å². The number of hydrogen-bond donors (Lipinski definition) is 3. The zero-order valence-electron chi connectivity index (χ0n) is 25.9. The number of hydrogen-bond acceptors (Lipinski definition) is 10. The second-order valence-corrected chi connectivity index (χ2v) is 12.9. The summed E-state index contributed by atoms with van der Waals surface area (Å²) in [6.45, 7) is 20.6. The molecule has 2 aliphatic rings. The lowest BCUT2D eigenvalue weighted by molar-refractivity contribution is -0.179. The van der Waals surface area contributed by atoms with Gasteiger partial charge < -0.3 is 39.7 Å². The first-order valence-electron chi connectivity index (χ1n) is 14.1. The molecule has 0 aromatic rings. The molecular formula is C28H53N3O8. The zero-order chi connectivity index (χ0) is 30.1. The van der Waals surface area contributed by atoms with Crippen molar-refractivity contribution in [3.05, 3.63) is 0 Å². The largest absolute Gasteiger partial charge is 0.469 e. The molecule has 2 aliphatic heterocycles. The minimum absolute atomic E-state index is 0.130. The SMILES string of the molecule is CC[C@@H](O)[C@@]1(C)OC(C)(C)O[C@@H]1[C@@H](C)C(N=NN)[C@H](C)C[C@@]1(C)OC(C)(C)O[C@@H]1[C@@H](C)[C@H](O)[C@@H](C)C(=O)OC. The molecule has 0 aromatic heterocycles. The smallest absolute Gasteiger partial charge is 0.311 e. The van der Waals surface area contributed by atoms with Gasteiger partial charge in [-0.05, 0) is 67.2 Å². The van der Waals surface area contributed by atoms with E-state index < -0.39 is 71.0 Å². The molecule has 1 unspecified atom stereocenters. The molecule has 0 radical (unpaired) electrons. The number of ether oxygens (including phenoxy) is 5. The fraction of sp³-hybridized carbons (Fsp3) is 0.964. The summed E-state index contributed by atoms with van der Waals surface area (Å²) in [5.41, 5.74) is -1.79. The van der Waals surface area contributed by atoms with Crippen molar-refractivity contribution in [1.29, 1.82) is 0 Å². The molecule has 11 heteroatoms. The first-order chi connectivity index (χ1) is 17.8. The van der Waals surface area contributed by atoms with Crippen molar-refractivity contribution in [3.8, 4) is 0 Å². The van der Waals surface area contributed by atoms with Crippen molar-refractivity contribution >= 4 is 5.97 Å². The molecule has 2 saturated heterocycles. The van der Waals surface area contributed by atoms with Crippen LogP contribution in [0.4, 0.5) is 0 Å². The van der Waals surface area contributed by atoms with Crippen LogP contribution in [0, 0.1) is 23.7 Å². The van der Waals surface area contributed by atoms with Gasteiger partial charge in [-0.15, -0.1) is 0 Å². The highest BCUT2D eigenvalue weighted by molar-refractivity contribution is 5.72. The minimum atomic E-state index is -1.00. The van der Waals surface area contributed by atoms with E-state index in [9.17, 15) is 15.0 Å². The number of rotatable bonds is 12. The van der Waals surface area contributed by atoms with Crippen molar-refractivity contribution in [2.45, 2.75) is 142 Å². The molecule has 11 nitrogen and oxygen atoms in total. The van der Waals surface area contributed by atoms with E-state index in [4.69, 9.17) is 29.5 Å². The van der Waals surface area contributed by atoms with Crippen LogP contribution in [0.5, 0.6) is 0 Å². The summed E-state index contributed by atoms with van der Waals surface area (Å²) in [6, 6.07) is -0.403. The van der Waals surface area contributed by atoms with Crippen molar-refractivity contribution in [1.82, 2.24) is 0 Å². The van der Waals surface area contributed by atoms with E-state index in [2.05, 4.69) is 10.3 Å². The molecule has 2 heterocycles. The Morgan fingerprint density at radius 3 is 2.00 bits per heavy atom. The van der Waals surface area contributed by atoms with Crippen LogP contribution in [0.15, 0.2) is 10.3 Å². The number of nitrogens with zero attached hydrogens (tertiary/aromatic N) is 2. The molecule has 2 fully saturated rings. The highest BCUT2D eigenvalue weighted by Gasteiger charge is 2.59. The van der Waals surface area contributed by atoms with Crippen LogP contribution in [-0.2, 0) is 28.5 Å². The molecule has 4 N–H and O–H groups in total. The highest BCUT2D eigenvalue weighted by atomic mass is 16.8. The maximum Gasteiger partial charge on any atom is 0.311 e. The van der Waals surface area contributed by atoms with Crippen LogP contribution < -0.4 is 5.84 Å². The quantitative estimate of drug-likeness (QED) is 0.140. The third-order valence-corrected chi connectivity index (χ3v) is 8.61. The summed E-state index contributed by atoms with van der Waals surface area (Å²) in [7, 11) is 1.30. The Morgan fingerprint density at radius 1 is 0.949 bits per heavy atom. The average molecular weight is 560 g/mol. The Hall–Kier alpha value is -1.37. The molecule has 2 rings (SSSR count). The Balaban J connectivity index is 2.37. The predicted molar refractivity (Wildman–Crippen MR) is 145 cm³/mol. The van der Waals surface area contributed by atoms with Crippen LogP contribution in [0.3, 0.4) is 0 Å². The lowest BCUT2D eigenvalue weighted by Gasteiger charge is -2.41. The summed E-state index contributed by atoms with van der Waals surface area (Å²) in [5, 5.41) is 30.1. The van der Waals surface area contributed by atoms with Gasteiger partial charge in [0.25, 0.3) is 0 Å². The molecule has 0 aliphatic carbocycles. The van der Waals surface area contributed by atoms with E-state index in [0.29, 0.717) is 12.8 Å². The van der Waals surface area contributed by atoms with Gasteiger partial charge in [0.2, 0.25) is 0 Å². The topological polar surface area (TPSA) is 154 Å². The van der Waals surface area contributed by atoms with Crippen molar-refractivity contribution in [2.24, 2.45) is 39.9 Å². The lowest BCUT2D eigenvalue weighted by Crippen LogP contribution is -2.53. The zero-order valence-corrected chi connectivity index (χ0v) is 25.9. The number of carbonyl (C=O) groups excluding carboxylic acids is 1. The third kappa shape index (κ3) is 7.11. The number of aliphatic hydroxyl groups excluding tert-OH is 2. The average Bonchev–Trinajstić information content (AvgIpc) is 3.26. The van der Waals surface area contributed by atoms with Crippen LogP contribution >= 0.6 is 0 Å². The molecular weight excluding hydrogens is 506 g/mol. The molecule has 0 bridgehead atoms. The second kappa shape index (κ2) is 12.2. The van der Waals surface area contributed by atoms with Gasteiger partial charge in [-0.2, -0.15) is 5.11 Å². The monoisotopic (exact) mass is 559 g/mol. The van der Waals surface area contributed by atoms with Gasteiger partial charge in [0.05, 0.1) is 49.1 Å². The van der Waals surface area contributed by atoms with E-state index in [1.807, 2.05) is 69.2 Å². The van der Waals surface area contributed by atoms with Crippen LogP contribution in [0.2, 0.25) is 0 Å². The van der Waals surface area contributed by atoms with Gasteiger partial charge >= 0.3 is 5.97 Å². The molecule has 228 valence electrons. The van der Waals surface area contributed by atoms with Gasteiger partial charge in [-0.25, -0.2) is 0 Å². The summed E-state index contributed by atoms with van der Waals surface area (Å²) in [6.07, 6.45) is -1.77. The standard InChI is InChI=1S/C28H53N3O8/c1-13-19(32)28(11)23(37-26(8,9)39-28)16(3)20(30-31-29)15(2)14-27(10)22(36-25(6,7)38-27)17(4)21(33)18(5)24(34)35-12/h15-23,32-33H,13-14H2,1-12H3,(H2,29,30)/t15-,16+,17+,18-,19-,20?,21+,22-,23-,27-,28-/m1/s1. The maximum absolute atomic E-state index is 12.1. The number of carbonyl (C=O) groups is 1. The molecule has 0 aromatic carbocycles. The fourth-order valence-electron chi connectivity index (χ4n) is 6.94. The Morgan fingerprint density at radius 2 is 1.49 bits per heavy atom. The van der Waals surface area contributed by atoms with Gasteiger partial charge in [-0.1, -0.05) is 32.9 Å². The number of aliphatic hydroxyl groups is 2. The van der Waals surface area contributed by atoms with Gasteiger partial charge in [0.15, 0.2) is 11.6 Å². The number of methoxy groups -OCH3 is 1. The fourth-order valence-corrected chi connectivity index (χ4v) is 6.94. The van der Waals surface area contributed by atoms with E-state index >= 15 is 0 Å². The highest BCUT2D eigenvalue weighted by Crippen LogP contribution is 2.48. The summed E-state index contributed by atoms with van der Waals surface area (Å²) < 4.78 is 30.2. The van der Waals surface area contributed by atoms with Crippen molar-refractivity contribution in [3.63, 3.8) is 0 Å². The van der Waals surface area contributed by atoms with Crippen molar-refractivity contribution < 1.29 is 38.7 Å². The minimum Gasteiger partial charge on any atom is -0.469 e. The lowest BCUT2D eigenvalue weighted by atomic mass is 9.73. The maximum atomic E-state index is 12.1. The Labute approximate surface area is 234 Å². The van der Waals surface area contributed by atoms with Gasteiger partial charge in [0, 0.05) is 11.8 Å². The first-order valence-corrected chi connectivity index (χ1v) is 14.1. The van der Waals surface area contributed by atoms with Crippen molar-refractivity contribution in [2.75, 3.05) is 7.11 Å². The Kier molecular flexibility index (Phi) is 10.6. The molecule has 0 saturated carbocycles. The van der Waals surface area contributed by atoms with E-state index in [-0.39, 0.29) is 11.8 Å². The number of nitrogens with two attached hydrogens (primary N) is 1. The molecule has 11 atom stereocenters. The molecule has 0 spiro atoms. The summed E-state index contributed by atoms with van der Waals surface area (Å²) >= 11 is 0. The van der Waals surface area contributed by atoms with Crippen LogP contribution in [0.1, 0.15) is 89.0 Å². The molecule has 0 amide bonds. The number of esters is 1. The Bertz CT molecular complexity index is 870. The van der Waals surface area contributed by atoms with Crippen LogP contribution in [0.25, 0.3) is 0 Å². The van der Waals surface area contributed by atoms with Gasteiger partial charge in [-0.3, -0.25) is 4.79 Å². The van der Waals surface area contributed by atoms with E-state index in [1.54, 1.807) is 6.92 Å². The molecule has 39 heavy (non-hydrogen) atoms. The normalized spacial score (nSPS) is 35.7. The van der Waals surface area contributed by atoms with Crippen LogP contribution in [-0.4, -0.2) is 76.5 Å². The van der Waals surface area contributed by atoms with E-state index in [0.717, 1.165) is 0 Å². The summed E-state index contributed by atoms with van der Waals surface area (Å²) in [5.74, 6) is 1.76.